The molecule has 6 rings (SSSR count). The first-order valence-electron chi connectivity index (χ1n) is 12.8. The van der Waals surface area contributed by atoms with Crippen LogP contribution in [0.3, 0.4) is 0 Å². The third-order valence-corrected chi connectivity index (χ3v) is 7.51. The Morgan fingerprint density at radius 3 is 2.78 bits per heavy atom. The molecule has 2 amide bonds. The number of likely N-dealkylation sites (tertiary alicyclic amines) is 1. The average molecular weight is 486 g/mol. The number of piperidine rings is 2. The molecular weight excluding hydrogens is 454 g/mol. The number of rotatable bonds is 6. The SMILES string of the molecule is C=C1CCC(N2Cc3c(OCc4cc5cc(CN6CCCCC6)ccc5o4)cccc3C2=O)C(=O)N1. The zero-order valence-corrected chi connectivity index (χ0v) is 20.4. The third kappa shape index (κ3) is 4.39. The molecule has 3 aliphatic heterocycles. The third-order valence-electron chi connectivity index (χ3n) is 7.51. The number of allylic oxidation sites excluding steroid dienone is 1. The molecule has 0 saturated carbocycles. The van der Waals surface area contributed by atoms with Gasteiger partial charge < -0.3 is 19.4 Å². The lowest BCUT2D eigenvalue weighted by Gasteiger charge is -2.30. The van der Waals surface area contributed by atoms with Gasteiger partial charge in [-0.2, -0.15) is 0 Å². The predicted octanol–water partition coefficient (Wildman–Crippen LogP) is 4.75. The number of carbonyl (C=O) groups is 2. The van der Waals surface area contributed by atoms with Gasteiger partial charge in [0.2, 0.25) is 5.91 Å². The fourth-order valence-electron chi connectivity index (χ4n) is 5.61. The van der Waals surface area contributed by atoms with Crippen LogP contribution in [0.1, 0.15) is 59.3 Å². The Labute approximate surface area is 210 Å². The van der Waals surface area contributed by atoms with Crippen LogP contribution in [-0.4, -0.2) is 40.7 Å². The van der Waals surface area contributed by atoms with Gasteiger partial charge in [-0.15, -0.1) is 0 Å². The minimum atomic E-state index is -0.488. The summed E-state index contributed by atoms with van der Waals surface area (Å²) in [6.07, 6.45) is 5.16. The van der Waals surface area contributed by atoms with Crippen molar-refractivity contribution < 1.29 is 18.7 Å². The van der Waals surface area contributed by atoms with Crippen molar-refractivity contribution in [2.24, 2.45) is 0 Å². The first kappa shape index (κ1) is 22.9. The Morgan fingerprint density at radius 1 is 1.08 bits per heavy atom. The molecule has 0 radical (unpaired) electrons. The molecule has 1 N–H and O–H groups in total. The van der Waals surface area contributed by atoms with E-state index in [9.17, 15) is 9.59 Å². The van der Waals surface area contributed by atoms with Crippen molar-refractivity contribution in [2.75, 3.05) is 13.1 Å². The van der Waals surface area contributed by atoms with Crippen molar-refractivity contribution >= 4 is 22.8 Å². The number of furan rings is 1. The molecule has 2 aromatic carbocycles. The molecule has 7 nitrogen and oxygen atoms in total. The van der Waals surface area contributed by atoms with Gasteiger partial charge in [0.05, 0.1) is 6.54 Å². The quantitative estimate of drug-likeness (QED) is 0.546. The van der Waals surface area contributed by atoms with Crippen LogP contribution in [0, 0.1) is 0 Å². The fraction of sp³-hybridized carbons (Fsp3) is 0.379. The van der Waals surface area contributed by atoms with Gasteiger partial charge in [0, 0.05) is 28.8 Å². The van der Waals surface area contributed by atoms with Gasteiger partial charge in [-0.3, -0.25) is 14.5 Å². The van der Waals surface area contributed by atoms with E-state index in [4.69, 9.17) is 9.15 Å². The molecule has 3 aromatic rings. The second-order valence-electron chi connectivity index (χ2n) is 10.1. The van der Waals surface area contributed by atoms with Gasteiger partial charge >= 0.3 is 0 Å². The number of hydrogen-bond donors (Lipinski definition) is 1. The van der Waals surface area contributed by atoms with Gasteiger partial charge in [0.1, 0.15) is 29.7 Å². The van der Waals surface area contributed by atoms with Crippen molar-refractivity contribution in [3.63, 3.8) is 0 Å². The number of hydrogen-bond acceptors (Lipinski definition) is 5. The standard InChI is InChI=1S/C29H31N3O4/c1-19-8-10-25(28(33)30-19)32-17-24-23(29(32)34)6-5-7-27(24)35-18-22-15-21-14-20(9-11-26(21)36-22)16-31-12-3-2-4-13-31/h5-7,9,11,14-15,25H,1-4,8,10,12-13,16-18H2,(H,30,33). The highest BCUT2D eigenvalue weighted by Gasteiger charge is 2.39. The number of carbonyl (C=O) groups excluding carboxylic acids is 2. The van der Waals surface area contributed by atoms with Crippen molar-refractivity contribution in [1.82, 2.24) is 15.1 Å². The van der Waals surface area contributed by atoms with Gasteiger partial charge in [-0.05, 0) is 74.7 Å². The Kier molecular flexibility index (Phi) is 6.01. The topological polar surface area (TPSA) is 75.0 Å². The number of fused-ring (bicyclic) bond motifs is 2. The lowest BCUT2D eigenvalue weighted by atomic mass is 10.0. The van der Waals surface area contributed by atoms with Crippen LogP contribution in [0.5, 0.6) is 5.75 Å². The van der Waals surface area contributed by atoms with Crippen LogP contribution in [0.2, 0.25) is 0 Å². The first-order chi connectivity index (χ1) is 17.5. The minimum Gasteiger partial charge on any atom is -0.485 e. The second kappa shape index (κ2) is 9.47. The minimum absolute atomic E-state index is 0.131. The van der Waals surface area contributed by atoms with E-state index in [1.807, 2.05) is 24.3 Å². The van der Waals surface area contributed by atoms with Crippen molar-refractivity contribution in [1.29, 1.82) is 0 Å². The molecule has 7 heteroatoms. The molecule has 0 aliphatic carbocycles. The maximum atomic E-state index is 13.1. The molecule has 0 spiro atoms. The Morgan fingerprint density at radius 2 is 1.94 bits per heavy atom. The number of amides is 2. The van der Waals surface area contributed by atoms with Crippen LogP contribution in [-0.2, 0) is 24.5 Å². The van der Waals surface area contributed by atoms with E-state index in [1.165, 1.54) is 37.9 Å². The molecule has 4 heterocycles. The second-order valence-corrected chi connectivity index (χ2v) is 10.1. The maximum Gasteiger partial charge on any atom is 0.255 e. The fourth-order valence-corrected chi connectivity index (χ4v) is 5.61. The zero-order chi connectivity index (χ0) is 24.6. The molecule has 1 unspecified atom stereocenters. The average Bonchev–Trinajstić information content (AvgIpc) is 3.44. The number of benzene rings is 2. The van der Waals surface area contributed by atoms with Gasteiger partial charge in [-0.25, -0.2) is 0 Å². The highest BCUT2D eigenvalue weighted by Crippen LogP contribution is 2.34. The number of nitrogens with one attached hydrogen (secondary N) is 1. The summed E-state index contributed by atoms with van der Waals surface area (Å²) in [5.74, 6) is 1.09. The van der Waals surface area contributed by atoms with Crippen LogP contribution < -0.4 is 10.1 Å². The van der Waals surface area contributed by atoms with Crippen LogP contribution in [0.15, 0.2) is 59.2 Å². The summed E-state index contributed by atoms with van der Waals surface area (Å²) in [5.41, 5.74) is 4.26. The summed E-state index contributed by atoms with van der Waals surface area (Å²) >= 11 is 0. The maximum absolute atomic E-state index is 13.1. The molecule has 1 aromatic heterocycles. The lowest BCUT2D eigenvalue weighted by Crippen LogP contribution is -2.49. The predicted molar refractivity (Wildman–Crippen MR) is 136 cm³/mol. The molecule has 0 bridgehead atoms. The normalized spacial score (nSPS) is 20.6. The number of ether oxygens (including phenoxy) is 1. The first-order valence-corrected chi connectivity index (χ1v) is 12.8. The summed E-state index contributed by atoms with van der Waals surface area (Å²) < 4.78 is 12.2. The summed E-state index contributed by atoms with van der Waals surface area (Å²) in [6.45, 7) is 7.77. The Balaban J connectivity index is 1.15. The van der Waals surface area contributed by atoms with E-state index in [0.29, 0.717) is 36.4 Å². The smallest absolute Gasteiger partial charge is 0.255 e. The van der Waals surface area contributed by atoms with Crippen molar-refractivity contribution in [3.05, 3.63) is 77.2 Å². The van der Waals surface area contributed by atoms with Gasteiger partial charge in [0.15, 0.2) is 0 Å². The molecular formula is C29H31N3O4. The van der Waals surface area contributed by atoms with E-state index in [2.05, 4.69) is 28.9 Å². The molecule has 3 aliphatic rings. The lowest BCUT2D eigenvalue weighted by molar-refractivity contribution is -0.126. The largest absolute Gasteiger partial charge is 0.485 e. The van der Waals surface area contributed by atoms with Crippen LogP contribution in [0.4, 0.5) is 0 Å². The molecule has 2 fully saturated rings. The molecule has 2 saturated heterocycles. The summed E-state index contributed by atoms with van der Waals surface area (Å²) in [7, 11) is 0. The van der Waals surface area contributed by atoms with E-state index < -0.39 is 6.04 Å². The van der Waals surface area contributed by atoms with E-state index in [1.54, 1.807) is 11.0 Å². The van der Waals surface area contributed by atoms with Crippen molar-refractivity contribution in [2.45, 2.75) is 57.8 Å². The summed E-state index contributed by atoms with van der Waals surface area (Å²) in [6, 6.07) is 13.4. The van der Waals surface area contributed by atoms with E-state index >= 15 is 0 Å². The summed E-state index contributed by atoms with van der Waals surface area (Å²) in [5, 5.41) is 3.86. The zero-order valence-electron chi connectivity index (χ0n) is 20.4. The van der Waals surface area contributed by atoms with Crippen LogP contribution >= 0.6 is 0 Å². The van der Waals surface area contributed by atoms with E-state index in [0.717, 1.165) is 28.8 Å². The molecule has 1 atom stereocenters. The molecule has 186 valence electrons. The Hall–Kier alpha value is -3.58. The molecule has 36 heavy (non-hydrogen) atoms. The summed E-state index contributed by atoms with van der Waals surface area (Å²) in [4.78, 5) is 29.7. The highest BCUT2D eigenvalue weighted by atomic mass is 16.5. The van der Waals surface area contributed by atoms with Gasteiger partial charge in [-0.1, -0.05) is 25.1 Å². The van der Waals surface area contributed by atoms with Crippen LogP contribution in [0.25, 0.3) is 11.0 Å². The monoisotopic (exact) mass is 485 g/mol. The van der Waals surface area contributed by atoms with E-state index in [-0.39, 0.29) is 18.4 Å². The Bertz CT molecular complexity index is 1340. The highest BCUT2D eigenvalue weighted by molar-refractivity contribution is 6.02. The number of nitrogens with zero attached hydrogens (tertiary/aromatic N) is 2. The van der Waals surface area contributed by atoms with Crippen molar-refractivity contribution in [3.8, 4) is 5.75 Å². The van der Waals surface area contributed by atoms with Gasteiger partial charge in [0.25, 0.3) is 5.91 Å².